The molecule has 1 aromatic carbocycles. The van der Waals surface area contributed by atoms with E-state index in [0.717, 1.165) is 10.9 Å². The fourth-order valence-electron chi connectivity index (χ4n) is 2.48. The second-order valence-electron chi connectivity index (χ2n) is 8.49. The molecule has 1 aromatic heterocycles. The van der Waals surface area contributed by atoms with Crippen molar-refractivity contribution in [3.05, 3.63) is 29.8 Å². The van der Waals surface area contributed by atoms with Gasteiger partial charge in [0, 0.05) is 11.5 Å². The highest BCUT2D eigenvalue weighted by Gasteiger charge is 2.24. The average Bonchev–Trinajstić information content (AvgIpc) is 2.71. The van der Waals surface area contributed by atoms with E-state index in [1.54, 1.807) is 4.57 Å². The molecule has 1 heterocycles. The Morgan fingerprint density at radius 2 is 1.67 bits per heavy atom. The number of benzene rings is 1. The molecule has 4 nitrogen and oxygen atoms in total. The lowest BCUT2D eigenvalue weighted by atomic mass is 9.86. The first kappa shape index (κ1) is 18.6. The lowest BCUT2D eigenvalue weighted by Crippen LogP contribution is -2.28. The molecule has 0 spiro atoms. The van der Waals surface area contributed by atoms with Gasteiger partial charge in [0.05, 0.1) is 5.52 Å². The third-order valence-corrected chi connectivity index (χ3v) is 4.28. The molecule has 0 bridgehead atoms. The van der Waals surface area contributed by atoms with Crippen LogP contribution in [0.2, 0.25) is 13.1 Å². The largest absolute Gasteiger partial charge is 0.535 e. The van der Waals surface area contributed by atoms with Crippen molar-refractivity contribution in [2.45, 2.75) is 65.7 Å². The lowest BCUT2D eigenvalue weighted by molar-refractivity contribution is 0.0537. The van der Waals surface area contributed by atoms with E-state index in [9.17, 15) is 4.79 Å². The van der Waals surface area contributed by atoms with Crippen LogP contribution in [0.25, 0.3) is 10.9 Å². The molecule has 0 saturated carbocycles. The van der Waals surface area contributed by atoms with Gasteiger partial charge in [0.25, 0.3) is 0 Å². The number of hydrogen-bond acceptors (Lipinski definition) is 3. The van der Waals surface area contributed by atoms with Crippen LogP contribution in [0.1, 0.15) is 47.1 Å². The van der Waals surface area contributed by atoms with Crippen molar-refractivity contribution < 1.29 is 14.0 Å². The molecule has 2 aromatic rings. The zero-order valence-corrected chi connectivity index (χ0v) is 17.2. The number of carbonyl (C=O) groups excluding carboxylic acids is 1. The topological polar surface area (TPSA) is 40.5 Å². The monoisotopic (exact) mass is 347 g/mol. The molecule has 0 aliphatic carbocycles. The van der Waals surface area contributed by atoms with E-state index >= 15 is 0 Å². The number of rotatable bonds is 2. The minimum Gasteiger partial charge on any atom is -0.535 e. The summed E-state index contributed by atoms with van der Waals surface area (Å²) in [6.07, 6.45) is -0.398. The summed E-state index contributed by atoms with van der Waals surface area (Å²) in [5.41, 5.74) is 1.55. The van der Waals surface area contributed by atoms with Crippen molar-refractivity contribution in [2.75, 3.05) is 0 Å². The number of nitrogens with zero attached hydrogens (tertiary/aromatic N) is 1. The van der Waals surface area contributed by atoms with Gasteiger partial charge in [-0.05, 0) is 57.0 Å². The average molecular weight is 348 g/mol. The maximum Gasteiger partial charge on any atom is 0.421 e. The Bertz CT molecular complexity index is 748. The van der Waals surface area contributed by atoms with E-state index in [1.165, 1.54) is 5.56 Å². The van der Waals surface area contributed by atoms with Crippen LogP contribution in [0.5, 0.6) is 5.88 Å². The van der Waals surface area contributed by atoms with Crippen LogP contribution < -0.4 is 4.43 Å². The molecule has 0 fully saturated rings. The van der Waals surface area contributed by atoms with Crippen LogP contribution in [0.4, 0.5) is 4.79 Å². The van der Waals surface area contributed by atoms with Gasteiger partial charge in [0.1, 0.15) is 5.60 Å². The number of aromatic nitrogens is 1. The second-order valence-corrected chi connectivity index (χ2v) is 10.8. The van der Waals surface area contributed by atoms with Gasteiger partial charge >= 0.3 is 6.09 Å². The van der Waals surface area contributed by atoms with Crippen molar-refractivity contribution in [3.8, 4) is 5.88 Å². The van der Waals surface area contributed by atoms with E-state index in [1.807, 2.05) is 32.9 Å². The zero-order chi connectivity index (χ0) is 18.3. The molecule has 24 heavy (non-hydrogen) atoms. The predicted octanol–water partition coefficient (Wildman–Crippen LogP) is 5.08. The molecule has 0 radical (unpaired) electrons. The molecule has 0 N–H and O–H groups in total. The molecule has 132 valence electrons. The quantitative estimate of drug-likeness (QED) is 0.711. The molecule has 0 amide bonds. The SMILES string of the molecule is C[SiH](C)Oc1cc2cc(C(C)(C)C)ccc2n1C(=O)OC(C)(C)C. The van der Waals surface area contributed by atoms with Crippen molar-refractivity contribution in [1.82, 2.24) is 4.57 Å². The van der Waals surface area contributed by atoms with Crippen molar-refractivity contribution >= 4 is 26.0 Å². The minimum atomic E-state index is -1.35. The second kappa shape index (κ2) is 6.28. The van der Waals surface area contributed by atoms with Crippen LogP contribution in [-0.4, -0.2) is 25.3 Å². The van der Waals surface area contributed by atoms with E-state index in [2.05, 4.69) is 46.0 Å². The first-order valence-electron chi connectivity index (χ1n) is 8.44. The Balaban J connectivity index is 2.59. The van der Waals surface area contributed by atoms with Crippen molar-refractivity contribution in [3.63, 3.8) is 0 Å². The Morgan fingerprint density at radius 3 is 2.17 bits per heavy atom. The van der Waals surface area contributed by atoms with Gasteiger partial charge in [-0.3, -0.25) is 0 Å². The smallest absolute Gasteiger partial charge is 0.421 e. The van der Waals surface area contributed by atoms with Gasteiger partial charge < -0.3 is 9.16 Å². The van der Waals surface area contributed by atoms with Crippen LogP contribution in [0, 0.1) is 0 Å². The van der Waals surface area contributed by atoms with Crippen LogP contribution in [0.3, 0.4) is 0 Å². The summed E-state index contributed by atoms with van der Waals surface area (Å²) in [4.78, 5) is 12.7. The Hall–Kier alpha value is -1.75. The van der Waals surface area contributed by atoms with Gasteiger partial charge in [0.2, 0.25) is 9.04 Å². The van der Waals surface area contributed by atoms with Gasteiger partial charge in [-0.15, -0.1) is 0 Å². The minimum absolute atomic E-state index is 0.0516. The molecule has 5 heteroatoms. The number of fused-ring (bicyclic) bond motifs is 1. The van der Waals surface area contributed by atoms with E-state index in [-0.39, 0.29) is 5.41 Å². The Labute approximate surface area is 146 Å². The number of ether oxygens (including phenoxy) is 1. The van der Waals surface area contributed by atoms with Gasteiger partial charge in [-0.1, -0.05) is 26.8 Å². The van der Waals surface area contributed by atoms with E-state index < -0.39 is 20.7 Å². The summed E-state index contributed by atoms with van der Waals surface area (Å²) < 4.78 is 13.1. The Kier molecular flexibility index (Phi) is 4.86. The molecular weight excluding hydrogens is 318 g/mol. The van der Waals surface area contributed by atoms with Gasteiger partial charge in [0.15, 0.2) is 5.88 Å². The Morgan fingerprint density at radius 1 is 1.04 bits per heavy atom. The fourth-order valence-corrected chi connectivity index (χ4v) is 3.14. The molecule has 0 aliphatic rings. The third-order valence-electron chi connectivity index (χ3n) is 3.57. The van der Waals surface area contributed by atoms with Crippen molar-refractivity contribution in [2.24, 2.45) is 0 Å². The zero-order valence-electron chi connectivity index (χ0n) is 16.1. The summed E-state index contributed by atoms with van der Waals surface area (Å²) >= 11 is 0. The maximum atomic E-state index is 12.7. The molecule has 0 saturated heterocycles. The predicted molar refractivity (Wildman–Crippen MR) is 102 cm³/mol. The van der Waals surface area contributed by atoms with Crippen LogP contribution in [0.15, 0.2) is 24.3 Å². The lowest BCUT2D eigenvalue weighted by Gasteiger charge is -2.21. The van der Waals surface area contributed by atoms with Gasteiger partial charge in [-0.25, -0.2) is 9.36 Å². The maximum absolute atomic E-state index is 12.7. The molecule has 0 aliphatic heterocycles. The summed E-state index contributed by atoms with van der Waals surface area (Å²) in [6, 6.07) is 8.13. The first-order chi connectivity index (χ1) is 10.9. The van der Waals surface area contributed by atoms with E-state index in [0.29, 0.717) is 5.88 Å². The van der Waals surface area contributed by atoms with E-state index in [4.69, 9.17) is 9.16 Å². The van der Waals surface area contributed by atoms with Gasteiger partial charge in [-0.2, -0.15) is 0 Å². The number of hydrogen-bond donors (Lipinski definition) is 0. The number of carbonyl (C=O) groups is 1. The normalized spacial score (nSPS) is 12.7. The van der Waals surface area contributed by atoms with Crippen molar-refractivity contribution in [1.29, 1.82) is 0 Å². The first-order valence-corrected chi connectivity index (χ1v) is 11.2. The molecule has 0 atom stereocenters. The summed E-state index contributed by atoms with van der Waals surface area (Å²) in [5, 5.41) is 0.998. The molecule has 2 rings (SSSR count). The summed E-state index contributed by atoms with van der Waals surface area (Å²) in [5.74, 6) is 0.576. The highest BCUT2D eigenvalue weighted by Crippen LogP contribution is 2.31. The highest BCUT2D eigenvalue weighted by molar-refractivity contribution is 6.49. The standard InChI is InChI=1S/C19H29NO3Si/c1-18(2,3)14-9-10-15-13(11-14)12-16(23-24(7)8)20(15)17(21)22-19(4,5)6/h9-12,24H,1-8H3. The fraction of sp³-hybridized carbons (Fsp3) is 0.526. The van der Waals surface area contributed by atoms with Crippen LogP contribution >= 0.6 is 0 Å². The van der Waals surface area contributed by atoms with Crippen LogP contribution in [-0.2, 0) is 10.2 Å². The molecular formula is C19H29NO3Si. The summed E-state index contributed by atoms with van der Waals surface area (Å²) in [6.45, 7) is 16.3. The highest BCUT2D eigenvalue weighted by atomic mass is 28.3. The third kappa shape index (κ3) is 4.20. The summed E-state index contributed by atoms with van der Waals surface area (Å²) in [7, 11) is -1.35. The molecule has 0 unspecified atom stereocenters.